The van der Waals surface area contributed by atoms with Gasteiger partial charge in [0, 0.05) is 5.56 Å². The summed E-state index contributed by atoms with van der Waals surface area (Å²) in [5, 5.41) is 11.5. The summed E-state index contributed by atoms with van der Waals surface area (Å²) in [6, 6.07) is 15.3. The molecule has 6 nitrogen and oxygen atoms in total. The fraction of sp³-hybridized carbons (Fsp3) is 0.167. The minimum Gasteiger partial charge on any atom is -0.497 e. The molecule has 3 aromatic rings. The molecule has 0 spiro atoms. The third-order valence-corrected chi connectivity index (χ3v) is 3.73. The quantitative estimate of drug-likeness (QED) is 0.539. The van der Waals surface area contributed by atoms with Crippen LogP contribution in [0.25, 0.3) is 11.4 Å². The van der Waals surface area contributed by atoms with Crippen LogP contribution >= 0.6 is 12.2 Å². The Morgan fingerprint density at radius 1 is 1.20 bits per heavy atom. The average molecular weight is 354 g/mol. The molecule has 0 fully saturated rings. The van der Waals surface area contributed by atoms with Crippen LogP contribution in [-0.2, 0) is 0 Å². The summed E-state index contributed by atoms with van der Waals surface area (Å²) in [5.41, 5.74) is 1.76. The molecule has 3 rings (SSSR count). The van der Waals surface area contributed by atoms with Crippen LogP contribution in [0.3, 0.4) is 0 Å². The standard InChI is InChI=1S/C18H18N4O2S/c1-3-24-16-9-5-7-14(11-16)17-20-21-18(25)22(17)19-12-13-6-4-8-15(10-13)23-2/h4-12H,3H2,1-2H3,(H,21,25)/b19-12+. The van der Waals surface area contributed by atoms with Gasteiger partial charge in [0.15, 0.2) is 5.82 Å². The molecule has 2 aromatic carbocycles. The van der Waals surface area contributed by atoms with Crippen molar-refractivity contribution >= 4 is 18.4 Å². The van der Waals surface area contributed by atoms with E-state index in [-0.39, 0.29) is 0 Å². The molecule has 0 saturated carbocycles. The Morgan fingerprint density at radius 3 is 2.80 bits per heavy atom. The molecule has 1 aromatic heterocycles. The average Bonchev–Trinajstić information content (AvgIpc) is 3.01. The van der Waals surface area contributed by atoms with E-state index in [4.69, 9.17) is 21.7 Å². The highest BCUT2D eigenvalue weighted by Gasteiger charge is 2.09. The van der Waals surface area contributed by atoms with Gasteiger partial charge in [-0.2, -0.15) is 14.9 Å². The molecule has 0 aliphatic rings. The molecule has 1 N–H and O–H groups in total. The second kappa shape index (κ2) is 7.76. The zero-order valence-electron chi connectivity index (χ0n) is 14.0. The summed E-state index contributed by atoms with van der Waals surface area (Å²) in [6.07, 6.45) is 1.71. The van der Waals surface area contributed by atoms with E-state index in [1.54, 1.807) is 18.0 Å². The van der Waals surface area contributed by atoms with E-state index in [2.05, 4.69) is 15.3 Å². The minimum atomic E-state index is 0.413. The Morgan fingerprint density at radius 2 is 2.00 bits per heavy atom. The molecule has 0 saturated heterocycles. The first kappa shape index (κ1) is 16.9. The van der Waals surface area contributed by atoms with Gasteiger partial charge in [-0.1, -0.05) is 24.3 Å². The predicted molar refractivity (Wildman–Crippen MR) is 100 cm³/mol. The zero-order valence-corrected chi connectivity index (χ0v) is 14.8. The maximum absolute atomic E-state index is 5.54. The number of benzene rings is 2. The lowest BCUT2D eigenvalue weighted by atomic mass is 10.2. The van der Waals surface area contributed by atoms with Crippen LogP contribution in [0.1, 0.15) is 12.5 Å². The third-order valence-electron chi connectivity index (χ3n) is 3.47. The van der Waals surface area contributed by atoms with Crippen molar-refractivity contribution in [2.24, 2.45) is 5.10 Å². The van der Waals surface area contributed by atoms with Gasteiger partial charge in [-0.3, -0.25) is 0 Å². The second-order valence-corrected chi connectivity index (χ2v) is 5.53. The number of hydrogen-bond donors (Lipinski definition) is 1. The molecule has 1 heterocycles. The zero-order chi connectivity index (χ0) is 17.6. The van der Waals surface area contributed by atoms with Gasteiger partial charge < -0.3 is 9.47 Å². The van der Waals surface area contributed by atoms with Crippen LogP contribution in [0.2, 0.25) is 0 Å². The van der Waals surface area contributed by atoms with Crippen molar-refractivity contribution in [3.05, 3.63) is 58.9 Å². The minimum absolute atomic E-state index is 0.413. The number of H-pyrrole nitrogens is 1. The van der Waals surface area contributed by atoms with Crippen molar-refractivity contribution in [1.29, 1.82) is 0 Å². The van der Waals surface area contributed by atoms with Gasteiger partial charge >= 0.3 is 0 Å². The number of aromatic amines is 1. The Labute approximate surface area is 150 Å². The van der Waals surface area contributed by atoms with Crippen LogP contribution < -0.4 is 9.47 Å². The first-order chi connectivity index (χ1) is 12.2. The predicted octanol–water partition coefficient (Wildman–Crippen LogP) is 3.90. The largest absolute Gasteiger partial charge is 0.497 e. The van der Waals surface area contributed by atoms with Gasteiger partial charge in [0.2, 0.25) is 4.77 Å². The summed E-state index contributed by atoms with van der Waals surface area (Å²) in [6.45, 7) is 2.55. The van der Waals surface area contributed by atoms with Crippen LogP contribution in [0.15, 0.2) is 53.6 Å². The topological polar surface area (TPSA) is 64.4 Å². The number of nitrogens with one attached hydrogen (secondary N) is 1. The van der Waals surface area contributed by atoms with Gasteiger partial charge in [-0.25, -0.2) is 5.10 Å². The van der Waals surface area contributed by atoms with E-state index >= 15 is 0 Å². The summed E-state index contributed by atoms with van der Waals surface area (Å²) in [4.78, 5) is 0. The summed E-state index contributed by atoms with van der Waals surface area (Å²) < 4.78 is 12.8. The molecule has 0 bridgehead atoms. The molecule has 128 valence electrons. The van der Waals surface area contributed by atoms with Crippen LogP contribution in [0, 0.1) is 4.77 Å². The Kier molecular flexibility index (Phi) is 5.25. The fourth-order valence-corrected chi connectivity index (χ4v) is 2.50. The van der Waals surface area contributed by atoms with Crippen molar-refractivity contribution in [2.45, 2.75) is 6.92 Å². The molecule has 0 unspecified atom stereocenters. The van der Waals surface area contributed by atoms with Crippen molar-refractivity contribution in [1.82, 2.24) is 14.9 Å². The van der Waals surface area contributed by atoms with Gasteiger partial charge in [0.05, 0.1) is 19.9 Å². The Balaban J connectivity index is 1.95. The van der Waals surface area contributed by atoms with Gasteiger partial charge in [0.25, 0.3) is 0 Å². The van der Waals surface area contributed by atoms with Gasteiger partial charge in [-0.05, 0) is 49.0 Å². The van der Waals surface area contributed by atoms with Crippen molar-refractivity contribution in [2.75, 3.05) is 13.7 Å². The molecule has 7 heteroatoms. The van der Waals surface area contributed by atoms with Crippen LogP contribution in [0.4, 0.5) is 0 Å². The van der Waals surface area contributed by atoms with Crippen LogP contribution in [-0.4, -0.2) is 34.8 Å². The summed E-state index contributed by atoms with van der Waals surface area (Å²) in [7, 11) is 1.63. The number of nitrogens with zero attached hydrogens (tertiary/aromatic N) is 3. The smallest absolute Gasteiger partial charge is 0.216 e. The highest BCUT2D eigenvalue weighted by molar-refractivity contribution is 7.71. The maximum atomic E-state index is 5.54. The van der Waals surface area contributed by atoms with Crippen molar-refractivity contribution in [3.63, 3.8) is 0 Å². The van der Waals surface area contributed by atoms with E-state index in [1.165, 1.54) is 0 Å². The summed E-state index contributed by atoms with van der Waals surface area (Å²) in [5.74, 6) is 2.16. The lowest BCUT2D eigenvalue weighted by Gasteiger charge is -2.05. The highest BCUT2D eigenvalue weighted by Crippen LogP contribution is 2.22. The molecule has 0 aliphatic carbocycles. The lowest BCUT2D eigenvalue weighted by Crippen LogP contribution is -1.96. The normalized spacial score (nSPS) is 11.0. The molecular weight excluding hydrogens is 336 g/mol. The number of hydrogen-bond acceptors (Lipinski definition) is 5. The number of aromatic nitrogens is 3. The van der Waals surface area contributed by atoms with Crippen molar-refractivity contribution in [3.8, 4) is 22.9 Å². The Hall–Kier alpha value is -2.93. The maximum Gasteiger partial charge on any atom is 0.216 e. The first-order valence-electron chi connectivity index (χ1n) is 7.80. The van der Waals surface area contributed by atoms with Gasteiger partial charge in [0.1, 0.15) is 11.5 Å². The van der Waals surface area contributed by atoms with E-state index in [0.29, 0.717) is 17.2 Å². The highest BCUT2D eigenvalue weighted by atomic mass is 32.1. The Bertz CT molecular complexity index is 946. The van der Waals surface area contributed by atoms with Gasteiger partial charge in [-0.15, -0.1) is 0 Å². The monoisotopic (exact) mass is 354 g/mol. The molecule has 0 aliphatic heterocycles. The first-order valence-corrected chi connectivity index (χ1v) is 8.21. The SMILES string of the molecule is CCOc1cccc(-c2n[nH]c(=S)n2/N=C/c2cccc(OC)c2)c1. The van der Waals surface area contributed by atoms with Crippen LogP contribution in [0.5, 0.6) is 11.5 Å². The lowest BCUT2D eigenvalue weighted by molar-refractivity contribution is 0.340. The molecular formula is C18H18N4O2S. The summed E-state index contributed by atoms with van der Waals surface area (Å²) >= 11 is 5.30. The third kappa shape index (κ3) is 3.95. The molecule has 0 atom stereocenters. The fourth-order valence-electron chi connectivity index (χ4n) is 2.32. The molecule has 25 heavy (non-hydrogen) atoms. The number of ether oxygens (including phenoxy) is 2. The van der Waals surface area contributed by atoms with Crippen molar-refractivity contribution < 1.29 is 9.47 Å². The second-order valence-electron chi connectivity index (χ2n) is 5.15. The van der Waals surface area contributed by atoms with E-state index in [0.717, 1.165) is 22.6 Å². The van der Waals surface area contributed by atoms with E-state index in [9.17, 15) is 0 Å². The van der Waals surface area contributed by atoms with E-state index < -0.39 is 0 Å². The number of rotatable bonds is 6. The van der Waals surface area contributed by atoms with E-state index in [1.807, 2.05) is 55.5 Å². The molecule has 0 amide bonds. The number of methoxy groups -OCH3 is 1. The molecule has 0 radical (unpaired) electrons.